The van der Waals surface area contributed by atoms with Gasteiger partial charge in [-0.3, -0.25) is 9.59 Å². The Kier molecular flexibility index (Phi) is 2.42. The average molecular weight is 257 g/mol. The first kappa shape index (κ1) is 11.5. The van der Waals surface area contributed by atoms with Crippen LogP contribution in [0.3, 0.4) is 0 Å². The molecular weight excluding hydrogens is 246 g/mol. The van der Waals surface area contributed by atoms with Crippen LogP contribution in [0.25, 0.3) is 0 Å². The number of rotatable bonds is 2. The van der Waals surface area contributed by atoms with E-state index in [9.17, 15) is 9.59 Å². The van der Waals surface area contributed by atoms with E-state index in [-0.39, 0.29) is 18.5 Å². The normalized spacial score (nSPS) is 24.2. The fourth-order valence-corrected chi connectivity index (χ4v) is 2.46. The van der Waals surface area contributed by atoms with E-state index < -0.39 is 11.9 Å². The van der Waals surface area contributed by atoms with Crippen LogP contribution in [0.15, 0.2) is 18.2 Å². The van der Waals surface area contributed by atoms with Gasteiger partial charge in [-0.15, -0.1) is 0 Å². The lowest BCUT2D eigenvalue weighted by atomic mass is 10.1. The second-order valence-corrected chi connectivity index (χ2v) is 4.77. The fourth-order valence-electron chi connectivity index (χ4n) is 2.46. The van der Waals surface area contributed by atoms with Crippen LogP contribution in [0.1, 0.15) is 12.0 Å². The van der Waals surface area contributed by atoms with E-state index in [1.165, 1.54) is 0 Å². The Labute approximate surface area is 109 Å². The zero-order valence-electron chi connectivity index (χ0n) is 9.96. The van der Waals surface area contributed by atoms with Crippen molar-refractivity contribution in [2.24, 2.45) is 5.92 Å². The minimum absolute atomic E-state index is 0.135. The van der Waals surface area contributed by atoms with Gasteiger partial charge in [0.15, 0.2) is 0 Å². The number of nitrogens with zero attached hydrogens (tertiary/aromatic N) is 2. The van der Waals surface area contributed by atoms with Gasteiger partial charge in [0.25, 0.3) is 0 Å². The van der Waals surface area contributed by atoms with E-state index in [0.717, 1.165) is 5.69 Å². The van der Waals surface area contributed by atoms with Crippen molar-refractivity contribution in [2.45, 2.75) is 12.5 Å². The zero-order valence-corrected chi connectivity index (χ0v) is 9.96. The number of nitrogens with one attached hydrogen (secondary N) is 1. The highest BCUT2D eigenvalue weighted by Crippen LogP contribution is 2.42. The van der Waals surface area contributed by atoms with Crippen LogP contribution in [0, 0.1) is 17.2 Å². The lowest BCUT2D eigenvalue weighted by molar-refractivity contribution is -0.138. The zero-order chi connectivity index (χ0) is 13.6. The van der Waals surface area contributed by atoms with Crippen LogP contribution in [-0.4, -0.2) is 29.6 Å². The minimum Gasteiger partial charge on any atom is -0.481 e. The summed E-state index contributed by atoms with van der Waals surface area (Å²) in [4.78, 5) is 24.4. The smallest absolute Gasteiger partial charge is 0.308 e. The number of carboxylic acid groups (broad SMARTS) is 1. The number of anilines is 2. The molecule has 19 heavy (non-hydrogen) atoms. The van der Waals surface area contributed by atoms with E-state index in [4.69, 9.17) is 10.4 Å². The Morgan fingerprint density at radius 3 is 2.95 bits per heavy atom. The molecule has 1 aromatic carbocycles. The number of benzene rings is 1. The third-order valence-corrected chi connectivity index (χ3v) is 3.50. The molecule has 96 valence electrons. The number of nitriles is 1. The number of fused-ring (bicyclic) bond motifs is 1. The standard InChI is InChI=1S/C13H11N3O3/c14-5-7-1-2-9-11(3-7)16(6-12(17)15-9)10-4-8(10)13(18)19/h1-3,8,10H,4,6H2,(H,15,17)(H,18,19). The van der Waals surface area contributed by atoms with Crippen molar-refractivity contribution in [3.8, 4) is 6.07 Å². The monoisotopic (exact) mass is 257 g/mol. The first-order chi connectivity index (χ1) is 9.10. The van der Waals surface area contributed by atoms with Gasteiger partial charge < -0.3 is 15.3 Å². The van der Waals surface area contributed by atoms with Crippen molar-refractivity contribution >= 4 is 23.3 Å². The van der Waals surface area contributed by atoms with E-state index in [1.54, 1.807) is 23.1 Å². The number of carbonyl (C=O) groups is 2. The third kappa shape index (κ3) is 1.89. The maximum Gasteiger partial charge on any atom is 0.308 e. The Morgan fingerprint density at radius 2 is 2.32 bits per heavy atom. The van der Waals surface area contributed by atoms with Crippen LogP contribution < -0.4 is 10.2 Å². The van der Waals surface area contributed by atoms with Crippen molar-refractivity contribution in [1.29, 1.82) is 5.26 Å². The molecule has 0 bridgehead atoms. The number of carbonyl (C=O) groups excluding carboxylic acids is 1. The van der Waals surface area contributed by atoms with E-state index in [2.05, 4.69) is 5.32 Å². The van der Waals surface area contributed by atoms with Gasteiger partial charge >= 0.3 is 5.97 Å². The Balaban J connectivity index is 1.97. The largest absolute Gasteiger partial charge is 0.481 e. The molecule has 2 atom stereocenters. The second-order valence-electron chi connectivity index (χ2n) is 4.77. The lowest BCUT2D eigenvalue weighted by Gasteiger charge is -2.31. The molecule has 1 amide bonds. The maximum atomic E-state index is 11.6. The van der Waals surface area contributed by atoms with E-state index in [0.29, 0.717) is 17.7 Å². The molecule has 1 aliphatic carbocycles. The predicted molar refractivity (Wildman–Crippen MR) is 66.7 cm³/mol. The van der Waals surface area contributed by atoms with Crippen molar-refractivity contribution in [1.82, 2.24) is 0 Å². The van der Waals surface area contributed by atoms with Gasteiger partial charge in [0.2, 0.25) is 5.91 Å². The molecular formula is C13H11N3O3. The molecule has 6 nitrogen and oxygen atoms in total. The summed E-state index contributed by atoms with van der Waals surface area (Å²) in [5.41, 5.74) is 1.85. The molecule has 6 heteroatoms. The molecule has 2 aliphatic rings. The van der Waals surface area contributed by atoms with Gasteiger partial charge in [-0.1, -0.05) is 0 Å². The summed E-state index contributed by atoms with van der Waals surface area (Å²) in [5.74, 6) is -1.42. The molecule has 1 saturated carbocycles. The summed E-state index contributed by atoms with van der Waals surface area (Å²) < 4.78 is 0. The highest BCUT2D eigenvalue weighted by Gasteiger charge is 2.49. The van der Waals surface area contributed by atoms with Crippen LogP contribution in [0.4, 0.5) is 11.4 Å². The molecule has 1 heterocycles. The van der Waals surface area contributed by atoms with Crippen LogP contribution in [0.5, 0.6) is 0 Å². The number of carboxylic acids is 1. The highest BCUT2D eigenvalue weighted by molar-refractivity contribution is 6.02. The van der Waals surface area contributed by atoms with Crippen molar-refractivity contribution in [2.75, 3.05) is 16.8 Å². The highest BCUT2D eigenvalue weighted by atomic mass is 16.4. The first-order valence-corrected chi connectivity index (χ1v) is 5.93. The van der Waals surface area contributed by atoms with Crippen molar-refractivity contribution in [3.63, 3.8) is 0 Å². The number of amides is 1. The minimum atomic E-state index is -0.839. The predicted octanol–water partition coefficient (Wildman–Crippen LogP) is 0.790. The summed E-state index contributed by atoms with van der Waals surface area (Å²) in [6.07, 6.45) is 0.541. The summed E-state index contributed by atoms with van der Waals surface area (Å²) in [7, 11) is 0. The molecule has 1 fully saturated rings. The van der Waals surface area contributed by atoms with Gasteiger partial charge in [0.1, 0.15) is 0 Å². The van der Waals surface area contributed by atoms with Crippen LogP contribution in [-0.2, 0) is 9.59 Å². The van der Waals surface area contributed by atoms with E-state index >= 15 is 0 Å². The van der Waals surface area contributed by atoms with Gasteiger partial charge in [-0.25, -0.2) is 0 Å². The van der Waals surface area contributed by atoms with Crippen molar-refractivity contribution in [3.05, 3.63) is 23.8 Å². The second kappa shape index (κ2) is 3.99. The topological polar surface area (TPSA) is 93.4 Å². The van der Waals surface area contributed by atoms with Crippen LogP contribution >= 0.6 is 0 Å². The average Bonchev–Trinajstić information content (AvgIpc) is 3.17. The molecule has 2 unspecified atom stereocenters. The molecule has 1 aliphatic heterocycles. The molecule has 3 rings (SSSR count). The molecule has 2 N–H and O–H groups in total. The van der Waals surface area contributed by atoms with Crippen LogP contribution in [0.2, 0.25) is 0 Å². The summed E-state index contributed by atoms with van der Waals surface area (Å²) >= 11 is 0. The SMILES string of the molecule is N#Cc1ccc2c(c1)N(C1CC1C(=O)O)CC(=O)N2. The van der Waals surface area contributed by atoms with Gasteiger partial charge in [-0.2, -0.15) is 5.26 Å². The Morgan fingerprint density at radius 1 is 1.53 bits per heavy atom. The van der Waals surface area contributed by atoms with Gasteiger partial charge in [0, 0.05) is 6.04 Å². The number of hydrogen-bond acceptors (Lipinski definition) is 4. The number of aliphatic carboxylic acids is 1. The quantitative estimate of drug-likeness (QED) is 0.817. The van der Waals surface area contributed by atoms with Gasteiger partial charge in [-0.05, 0) is 24.6 Å². The number of hydrogen-bond donors (Lipinski definition) is 2. The fraction of sp³-hybridized carbons (Fsp3) is 0.308. The van der Waals surface area contributed by atoms with E-state index in [1.807, 2.05) is 6.07 Å². The third-order valence-electron chi connectivity index (χ3n) is 3.50. The van der Waals surface area contributed by atoms with Crippen molar-refractivity contribution < 1.29 is 14.7 Å². The molecule has 0 saturated heterocycles. The molecule has 0 radical (unpaired) electrons. The van der Waals surface area contributed by atoms with Gasteiger partial charge in [0.05, 0.1) is 35.5 Å². The maximum absolute atomic E-state index is 11.6. The summed E-state index contributed by atoms with van der Waals surface area (Å²) in [6.45, 7) is 0.135. The lowest BCUT2D eigenvalue weighted by Crippen LogP contribution is -2.40. The summed E-state index contributed by atoms with van der Waals surface area (Å²) in [5, 5.41) is 20.6. The molecule has 0 spiro atoms. The molecule has 0 aromatic heterocycles. The first-order valence-electron chi connectivity index (χ1n) is 5.93. The Hall–Kier alpha value is -2.55. The Bertz CT molecular complexity index is 620. The molecule has 1 aromatic rings. The summed E-state index contributed by atoms with van der Waals surface area (Å²) in [6, 6.07) is 6.88.